The second-order valence-corrected chi connectivity index (χ2v) is 8.71. The second kappa shape index (κ2) is 9.76. The third kappa shape index (κ3) is 4.97. The molecule has 7 heteroatoms. The van der Waals surface area contributed by atoms with Crippen LogP contribution < -0.4 is 4.90 Å². The summed E-state index contributed by atoms with van der Waals surface area (Å²) >= 11 is 0. The van der Waals surface area contributed by atoms with Crippen molar-refractivity contribution in [2.24, 2.45) is 5.92 Å². The normalized spacial score (nSPS) is 17.5. The Balaban J connectivity index is 1.36. The van der Waals surface area contributed by atoms with Gasteiger partial charge in [-0.2, -0.15) is 0 Å². The van der Waals surface area contributed by atoms with Crippen LogP contribution in [0.25, 0.3) is 0 Å². The summed E-state index contributed by atoms with van der Waals surface area (Å²) in [7, 11) is 0. The summed E-state index contributed by atoms with van der Waals surface area (Å²) in [5.41, 5.74) is 0.896. The van der Waals surface area contributed by atoms with E-state index in [2.05, 4.69) is 0 Å². The first-order valence-electron chi connectivity index (χ1n) is 11.2. The quantitative estimate of drug-likeness (QED) is 0.594. The third-order valence-corrected chi connectivity index (χ3v) is 6.54. The van der Waals surface area contributed by atoms with Gasteiger partial charge in [0.25, 0.3) is 5.91 Å². The van der Waals surface area contributed by atoms with Crippen LogP contribution in [-0.4, -0.2) is 42.8 Å². The molecule has 0 radical (unpaired) electrons. The highest BCUT2D eigenvalue weighted by molar-refractivity contribution is 5.96. The molecule has 32 heavy (non-hydrogen) atoms. The summed E-state index contributed by atoms with van der Waals surface area (Å²) in [5, 5.41) is 0. The lowest BCUT2D eigenvalue weighted by molar-refractivity contribution is 0.0745. The van der Waals surface area contributed by atoms with Gasteiger partial charge in [0.05, 0.1) is 5.69 Å². The predicted octanol–water partition coefficient (Wildman–Crippen LogP) is 5.22. The minimum atomic E-state index is -1.06. The molecule has 1 heterocycles. The number of hydrogen-bond acceptors (Lipinski definition) is 3. The molecule has 1 saturated heterocycles. The van der Waals surface area contributed by atoms with E-state index in [0.717, 1.165) is 37.8 Å². The fourth-order valence-corrected chi connectivity index (χ4v) is 4.67. The second-order valence-electron chi connectivity index (χ2n) is 8.71. The maximum Gasteiger partial charge on any atom is 0.254 e. The van der Waals surface area contributed by atoms with Gasteiger partial charge < -0.3 is 9.80 Å². The van der Waals surface area contributed by atoms with Crippen molar-refractivity contribution in [3.05, 3.63) is 65.0 Å². The first-order chi connectivity index (χ1) is 15.4. The zero-order chi connectivity index (χ0) is 22.7. The van der Waals surface area contributed by atoms with Crippen LogP contribution in [0.1, 0.15) is 59.2 Å². The molecule has 1 amide bonds. The zero-order valence-electron chi connectivity index (χ0n) is 18.0. The lowest BCUT2D eigenvalue weighted by Gasteiger charge is -2.36. The molecule has 4 rings (SSSR count). The third-order valence-electron chi connectivity index (χ3n) is 6.54. The topological polar surface area (TPSA) is 40.6 Å². The van der Waals surface area contributed by atoms with Crippen LogP contribution in [0.15, 0.2) is 36.4 Å². The SMILES string of the molecule is O=C(CC1CCCCC1)c1ccc(N2CCN(C(=O)c3ccc(F)c(F)c3)CC2)c(F)c1. The number of carbonyl (C=O) groups excluding carboxylic acids is 2. The molecule has 2 aromatic carbocycles. The average Bonchev–Trinajstić information content (AvgIpc) is 2.81. The lowest BCUT2D eigenvalue weighted by atomic mass is 9.85. The fraction of sp³-hybridized carbons (Fsp3) is 0.440. The zero-order valence-corrected chi connectivity index (χ0v) is 18.0. The Hall–Kier alpha value is -2.83. The number of piperazine rings is 1. The van der Waals surface area contributed by atoms with Crippen LogP contribution in [0.3, 0.4) is 0 Å². The molecule has 1 aliphatic carbocycles. The Morgan fingerprint density at radius 1 is 0.781 bits per heavy atom. The van der Waals surface area contributed by atoms with Gasteiger partial charge in [0, 0.05) is 43.7 Å². The first-order valence-corrected chi connectivity index (χ1v) is 11.2. The van der Waals surface area contributed by atoms with Gasteiger partial charge in [0.1, 0.15) is 5.82 Å². The Kier molecular flexibility index (Phi) is 6.82. The average molecular weight is 444 g/mol. The maximum absolute atomic E-state index is 14.8. The molecule has 170 valence electrons. The number of halogens is 3. The summed E-state index contributed by atoms with van der Waals surface area (Å²) in [6, 6.07) is 7.73. The molecule has 2 aliphatic rings. The van der Waals surface area contributed by atoms with Gasteiger partial charge in [-0.25, -0.2) is 13.2 Å². The molecule has 1 aliphatic heterocycles. The molecule has 2 aromatic rings. The van der Waals surface area contributed by atoms with Crippen LogP contribution in [0, 0.1) is 23.4 Å². The van der Waals surface area contributed by atoms with Crippen LogP contribution in [0.2, 0.25) is 0 Å². The van der Waals surface area contributed by atoms with Gasteiger partial charge in [-0.05, 0) is 42.3 Å². The Morgan fingerprint density at radius 3 is 2.09 bits per heavy atom. The van der Waals surface area contributed by atoms with Gasteiger partial charge in [0.15, 0.2) is 17.4 Å². The molecule has 0 unspecified atom stereocenters. The van der Waals surface area contributed by atoms with Gasteiger partial charge in [-0.1, -0.05) is 32.1 Å². The highest BCUT2D eigenvalue weighted by Gasteiger charge is 2.25. The van der Waals surface area contributed by atoms with Crippen molar-refractivity contribution in [3.8, 4) is 0 Å². The minimum absolute atomic E-state index is 0.00991. The van der Waals surface area contributed by atoms with E-state index in [0.29, 0.717) is 49.8 Å². The van der Waals surface area contributed by atoms with Crippen LogP contribution in [0.4, 0.5) is 18.9 Å². The van der Waals surface area contributed by atoms with Crippen LogP contribution in [-0.2, 0) is 0 Å². The predicted molar refractivity (Wildman–Crippen MR) is 116 cm³/mol. The summed E-state index contributed by atoms with van der Waals surface area (Å²) < 4.78 is 41.4. The summed E-state index contributed by atoms with van der Waals surface area (Å²) in [5.74, 6) is -2.49. The number of anilines is 1. The van der Waals surface area contributed by atoms with E-state index in [-0.39, 0.29) is 17.3 Å². The maximum atomic E-state index is 14.8. The molecular formula is C25H27F3N2O2. The lowest BCUT2D eigenvalue weighted by Crippen LogP contribution is -2.49. The molecule has 0 bridgehead atoms. The van der Waals surface area contributed by atoms with Crippen molar-refractivity contribution in [3.63, 3.8) is 0 Å². The number of amides is 1. The van der Waals surface area contributed by atoms with Crippen molar-refractivity contribution in [1.82, 2.24) is 4.90 Å². The van der Waals surface area contributed by atoms with E-state index < -0.39 is 17.5 Å². The van der Waals surface area contributed by atoms with E-state index in [4.69, 9.17) is 0 Å². The monoisotopic (exact) mass is 444 g/mol. The van der Waals surface area contributed by atoms with Crippen LogP contribution >= 0.6 is 0 Å². The molecule has 0 N–H and O–H groups in total. The van der Waals surface area contributed by atoms with E-state index in [1.54, 1.807) is 17.0 Å². The smallest absolute Gasteiger partial charge is 0.254 e. The number of carbonyl (C=O) groups is 2. The van der Waals surface area contributed by atoms with E-state index in [9.17, 15) is 22.8 Å². The van der Waals surface area contributed by atoms with Crippen molar-refractivity contribution in [2.45, 2.75) is 38.5 Å². The van der Waals surface area contributed by atoms with Gasteiger partial charge >= 0.3 is 0 Å². The number of Topliss-reactive ketones (excluding diaryl/α,β-unsaturated/α-hetero) is 1. The van der Waals surface area contributed by atoms with E-state index >= 15 is 0 Å². The van der Waals surface area contributed by atoms with Gasteiger partial charge in [-0.15, -0.1) is 0 Å². The van der Waals surface area contributed by atoms with E-state index in [1.807, 2.05) is 4.90 Å². The van der Waals surface area contributed by atoms with Crippen molar-refractivity contribution in [1.29, 1.82) is 0 Å². The van der Waals surface area contributed by atoms with Crippen molar-refractivity contribution < 1.29 is 22.8 Å². The number of ketones is 1. The van der Waals surface area contributed by atoms with Crippen LogP contribution in [0.5, 0.6) is 0 Å². The number of rotatable bonds is 5. The highest BCUT2D eigenvalue weighted by Crippen LogP contribution is 2.29. The summed E-state index contributed by atoms with van der Waals surface area (Å²) in [4.78, 5) is 28.5. The standard InChI is InChI=1S/C25H27F3N2O2/c26-20-8-6-19(16-21(20)27)25(32)30-12-10-29(11-13-30)23-9-7-18(15-22(23)28)24(31)14-17-4-2-1-3-5-17/h6-9,15-17H,1-5,10-14H2. The van der Waals surface area contributed by atoms with Gasteiger partial charge in [0.2, 0.25) is 0 Å². The number of benzene rings is 2. The summed E-state index contributed by atoms with van der Waals surface area (Å²) in [6.07, 6.45) is 6.17. The Labute approximate surface area is 186 Å². The Morgan fingerprint density at radius 2 is 1.44 bits per heavy atom. The minimum Gasteiger partial charge on any atom is -0.366 e. The molecule has 0 aromatic heterocycles. The van der Waals surface area contributed by atoms with Crippen molar-refractivity contribution >= 4 is 17.4 Å². The highest BCUT2D eigenvalue weighted by atomic mass is 19.2. The molecule has 2 fully saturated rings. The molecule has 0 spiro atoms. The molecule has 1 saturated carbocycles. The van der Waals surface area contributed by atoms with E-state index in [1.165, 1.54) is 18.6 Å². The fourth-order valence-electron chi connectivity index (χ4n) is 4.67. The largest absolute Gasteiger partial charge is 0.366 e. The number of nitrogens with zero attached hydrogens (tertiary/aromatic N) is 2. The number of hydrogen-bond donors (Lipinski definition) is 0. The molecule has 4 nitrogen and oxygen atoms in total. The molecular weight excluding hydrogens is 417 g/mol. The molecule has 0 atom stereocenters. The summed E-state index contributed by atoms with van der Waals surface area (Å²) in [6.45, 7) is 1.47. The Bertz CT molecular complexity index is 997. The first kappa shape index (κ1) is 22.4. The van der Waals surface area contributed by atoms with Gasteiger partial charge in [-0.3, -0.25) is 9.59 Å². The van der Waals surface area contributed by atoms with Crippen molar-refractivity contribution in [2.75, 3.05) is 31.1 Å².